The second-order valence-electron chi connectivity index (χ2n) is 6.80. The predicted octanol–water partition coefficient (Wildman–Crippen LogP) is 2.93. The van der Waals surface area contributed by atoms with E-state index in [1.54, 1.807) is 29.7 Å². The lowest BCUT2D eigenvalue weighted by Crippen LogP contribution is -2.48. The maximum absolute atomic E-state index is 13.2. The number of hydrogen-bond acceptors (Lipinski definition) is 8. The normalized spacial score (nSPS) is 15.9. The standard InChI is InChI=1S/C20H23N3O5S2/c1-26-15-5-6-18(27-2)19(12-15)30(24,25)23-9-7-22(8-10-23)13-20-21-16(14-29-20)17-4-3-11-28-17/h3-6,11-12,14H,7-10,13H2,1-2H3. The molecule has 3 aromatic rings. The highest BCUT2D eigenvalue weighted by molar-refractivity contribution is 7.89. The molecule has 0 radical (unpaired) electrons. The van der Waals surface area contributed by atoms with Crippen LogP contribution in [0.25, 0.3) is 11.5 Å². The molecule has 1 aliphatic rings. The molecule has 10 heteroatoms. The summed E-state index contributed by atoms with van der Waals surface area (Å²) in [5.74, 6) is 1.54. The molecule has 2 aromatic heterocycles. The first-order valence-corrected chi connectivity index (χ1v) is 11.8. The van der Waals surface area contributed by atoms with Crippen molar-refractivity contribution >= 4 is 21.4 Å². The lowest BCUT2D eigenvalue weighted by atomic mass is 10.3. The number of furan rings is 1. The molecule has 0 bridgehead atoms. The van der Waals surface area contributed by atoms with Crippen LogP contribution in [0, 0.1) is 0 Å². The highest BCUT2D eigenvalue weighted by Crippen LogP contribution is 2.31. The molecule has 1 fully saturated rings. The second-order valence-corrected chi connectivity index (χ2v) is 9.65. The fourth-order valence-electron chi connectivity index (χ4n) is 3.36. The molecule has 160 valence electrons. The maximum Gasteiger partial charge on any atom is 0.246 e. The summed E-state index contributed by atoms with van der Waals surface area (Å²) < 4.78 is 43.7. The van der Waals surface area contributed by atoms with E-state index in [2.05, 4.69) is 9.88 Å². The van der Waals surface area contributed by atoms with Gasteiger partial charge in [-0.2, -0.15) is 4.31 Å². The Kier molecular flexibility index (Phi) is 6.09. The van der Waals surface area contributed by atoms with E-state index >= 15 is 0 Å². The van der Waals surface area contributed by atoms with E-state index in [4.69, 9.17) is 13.9 Å². The van der Waals surface area contributed by atoms with Gasteiger partial charge in [0.25, 0.3) is 0 Å². The monoisotopic (exact) mass is 449 g/mol. The van der Waals surface area contributed by atoms with Crippen LogP contribution in [0.2, 0.25) is 0 Å². The molecule has 8 nitrogen and oxygen atoms in total. The lowest BCUT2D eigenvalue weighted by molar-refractivity contribution is 0.181. The van der Waals surface area contributed by atoms with E-state index in [9.17, 15) is 8.42 Å². The van der Waals surface area contributed by atoms with Gasteiger partial charge in [-0.25, -0.2) is 13.4 Å². The number of benzene rings is 1. The van der Waals surface area contributed by atoms with Gasteiger partial charge >= 0.3 is 0 Å². The van der Waals surface area contributed by atoms with Crippen LogP contribution in [-0.4, -0.2) is 63.0 Å². The Balaban J connectivity index is 1.42. The third-order valence-electron chi connectivity index (χ3n) is 5.00. The van der Waals surface area contributed by atoms with E-state index in [1.807, 2.05) is 17.5 Å². The summed E-state index contributed by atoms with van der Waals surface area (Å²) in [6, 6.07) is 8.52. The van der Waals surface area contributed by atoms with Crippen molar-refractivity contribution in [2.45, 2.75) is 11.4 Å². The summed E-state index contributed by atoms with van der Waals surface area (Å²) in [4.78, 5) is 6.96. The van der Waals surface area contributed by atoms with E-state index in [0.29, 0.717) is 44.2 Å². The smallest absolute Gasteiger partial charge is 0.246 e. The first-order chi connectivity index (χ1) is 14.5. The molecule has 1 aliphatic heterocycles. The molecule has 4 rings (SSSR count). The quantitative estimate of drug-likeness (QED) is 0.548. The first-order valence-electron chi connectivity index (χ1n) is 9.44. The SMILES string of the molecule is COc1ccc(OC)c(S(=O)(=O)N2CCN(Cc3nc(-c4ccco4)cs3)CC2)c1. The highest BCUT2D eigenvalue weighted by atomic mass is 32.2. The minimum atomic E-state index is -3.68. The zero-order valence-electron chi connectivity index (χ0n) is 16.8. The van der Waals surface area contributed by atoms with Gasteiger partial charge < -0.3 is 13.9 Å². The number of piperazine rings is 1. The second kappa shape index (κ2) is 8.76. The summed E-state index contributed by atoms with van der Waals surface area (Å²) in [5, 5.41) is 2.95. The van der Waals surface area contributed by atoms with Gasteiger partial charge in [-0.15, -0.1) is 11.3 Å². The van der Waals surface area contributed by atoms with Crippen LogP contribution in [-0.2, 0) is 16.6 Å². The van der Waals surface area contributed by atoms with Gasteiger partial charge in [-0.05, 0) is 24.3 Å². The van der Waals surface area contributed by atoms with Crippen molar-refractivity contribution in [1.29, 1.82) is 0 Å². The summed E-state index contributed by atoms with van der Waals surface area (Å²) in [7, 11) is -0.714. The van der Waals surface area contributed by atoms with Gasteiger partial charge in [0.2, 0.25) is 10.0 Å². The molecule has 0 saturated carbocycles. The number of rotatable bonds is 7. The van der Waals surface area contributed by atoms with Crippen molar-refractivity contribution in [1.82, 2.24) is 14.2 Å². The van der Waals surface area contributed by atoms with E-state index < -0.39 is 10.0 Å². The Bertz CT molecular complexity index is 1090. The summed E-state index contributed by atoms with van der Waals surface area (Å²) in [6.45, 7) is 2.74. The molecule has 1 saturated heterocycles. The van der Waals surface area contributed by atoms with Crippen molar-refractivity contribution < 1.29 is 22.3 Å². The molecule has 0 N–H and O–H groups in total. The molecule has 0 unspecified atom stereocenters. The highest BCUT2D eigenvalue weighted by Gasteiger charge is 2.31. The maximum atomic E-state index is 13.2. The Morgan fingerprint density at radius 2 is 1.93 bits per heavy atom. The minimum absolute atomic E-state index is 0.126. The Labute approximate surface area is 179 Å². The Hall–Kier alpha value is -2.40. The van der Waals surface area contributed by atoms with Crippen LogP contribution in [0.15, 0.2) is 51.3 Å². The average Bonchev–Trinajstić information content (AvgIpc) is 3.45. The van der Waals surface area contributed by atoms with Crippen LogP contribution < -0.4 is 9.47 Å². The van der Waals surface area contributed by atoms with Crippen molar-refractivity contribution in [3.63, 3.8) is 0 Å². The topological polar surface area (TPSA) is 85.1 Å². The zero-order chi connectivity index (χ0) is 21.1. The van der Waals surface area contributed by atoms with Crippen LogP contribution >= 0.6 is 11.3 Å². The van der Waals surface area contributed by atoms with Crippen LogP contribution in [0.1, 0.15) is 5.01 Å². The average molecular weight is 450 g/mol. The number of aromatic nitrogens is 1. The largest absolute Gasteiger partial charge is 0.497 e. The van der Waals surface area contributed by atoms with Crippen LogP contribution in [0.5, 0.6) is 11.5 Å². The third-order valence-corrected chi connectivity index (χ3v) is 7.76. The molecule has 3 heterocycles. The Morgan fingerprint density at radius 1 is 1.13 bits per heavy atom. The third kappa shape index (κ3) is 4.22. The molecule has 0 amide bonds. The first kappa shape index (κ1) is 20.9. The molecule has 30 heavy (non-hydrogen) atoms. The van der Waals surface area contributed by atoms with Gasteiger partial charge in [-0.3, -0.25) is 4.90 Å². The molecule has 0 atom stereocenters. The van der Waals surface area contributed by atoms with Crippen LogP contribution in [0.4, 0.5) is 0 Å². The molecular weight excluding hydrogens is 426 g/mol. The van der Waals surface area contributed by atoms with Crippen molar-refractivity contribution in [3.05, 3.63) is 47.0 Å². The minimum Gasteiger partial charge on any atom is -0.497 e. The number of hydrogen-bond donors (Lipinski definition) is 0. The number of methoxy groups -OCH3 is 2. The van der Waals surface area contributed by atoms with Crippen molar-refractivity contribution in [2.24, 2.45) is 0 Å². The molecule has 0 spiro atoms. The number of ether oxygens (including phenoxy) is 2. The molecule has 0 aliphatic carbocycles. The summed E-state index contributed by atoms with van der Waals surface area (Å²) in [5.41, 5.74) is 0.825. The van der Waals surface area contributed by atoms with Gasteiger partial charge in [0.05, 0.1) is 27.0 Å². The van der Waals surface area contributed by atoms with Gasteiger partial charge in [0.15, 0.2) is 5.76 Å². The summed E-state index contributed by atoms with van der Waals surface area (Å²) in [6.07, 6.45) is 1.63. The van der Waals surface area contributed by atoms with Gasteiger partial charge in [0.1, 0.15) is 27.1 Å². The van der Waals surface area contributed by atoms with Crippen molar-refractivity contribution in [3.8, 4) is 23.0 Å². The van der Waals surface area contributed by atoms with Crippen LogP contribution in [0.3, 0.4) is 0 Å². The number of thiazole rings is 1. The van der Waals surface area contributed by atoms with Gasteiger partial charge in [-0.1, -0.05) is 0 Å². The van der Waals surface area contributed by atoms with E-state index in [0.717, 1.165) is 16.5 Å². The number of sulfonamides is 1. The predicted molar refractivity (Wildman–Crippen MR) is 113 cm³/mol. The Morgan fingerprint density at radius 3 is 2.60 bits per heavy atom. The fourth-order valence-corrected chi connectivity index (χ4v) is 5.78. The fraction of sp³-hybridized carbons (Fsp3) is 0.350. The molecular formula is C20H23N3O5S2. The zero-order valence-corrected chi connectivity index (χ0v) is 18.4. The molecule has 1 aromatic carbocycles. The van der Waals surface area contributed by atoms with Gasteiger partial charge in [0, 0.05) is 37.6 Å². The lowest BCUT2D eigenvalue weighted by Gasteiger charge is -2.33. The summed E-state index contributed by atoms with van der Waals surface area (Å²) >= 11 is 1.58. The van der Waals surface area contributed by atoms with E-state index in [1.165, 1.54) is 24.6 Å². The van der Waals surface area contributed by atoms with E-state index in [-0.39, 0.29) is 4.90 Å². The number of nitrogens with zero attached hydrogens (tertiary/aromatic N) is 3. The van der Waals surface area contributed by atoms with Crippen molar-refractivity contribution in [2.75, 3.05) is 40.4 Å².